The lowest BCUT2D eigenvalue weighted by Crippen LogP contribution is -2.20. The van der Waals surface area contributed by atoms with Gasteiger partial charge in [-0.1, -0.05) is 22.0 Å². The largest absolute Gasteiger partial charge is 0.497 e. The normalized spacial score (nSPS) is 10.5. The predicted octanol–water partition coefficient (Wildman–Crippen LogP) is 4.79. The number of carbonyl (C=O) groups excluding carboxylic acids is 1. The Morgan fingerprint density at radius 2 is 1.78 bits per heavy atom. The number of hydrogen-bond donors (Lipinski definition) is 1. The molecule has 8 heteroatoms. The van der Waals surface area contributed by atoms with Crippen LogP contribution in [0.1, 0.15) is 0 Å². The van der Waals surface area contributed by atoms with Crippen molar-refractivity contribution in [1.29, 1.82) is 0 Å². The van der Waals surface area contributed by atoms with Crippen molar-refractivity contribution in [2.75, 3.05) is 26.1 Å². The van der Waals surface area contributed by atoms with E-state index in [2.05, 4.69) is 42.2 Å². The lowest BCUT2D eigenvalue weighted by molar-refractivity contribution is -0.118. The molecule has 0 aliphatic heterocycles. The highest BCUT2D eigenvalue weighted by Gasteiger charge is 2.14. The molecule has 6 nitrogen and oxygen atoms in total. The Morgan fingerprint density at radius 1 is 1.07 bits per heavy atom. The van der Waals surface area contributed by atoms with Crippen LogP contribution in [-0.4, -0.2) is 31.7 Å². The van der Waals surface area contributed by atoms with Crippen molar-refractivity contribution in [3.63, 3.8) is 0 Å². The molecule has 0 unspecified atom stereocenters. The Hall–Kier alpha value is -2.32. The number of carbonyl (C=O) groups is 1. The van der Waals surface area contributed by atoms with Crippen LogP contribution in [0.25, 0.3) is 10.9 Å². The van der Waals surface area contributed by atoms with Crippen LogP contribution in [-0.2, 0) is 4.79 Å². The Kier molecular flexibility index (Phi) is 6.18. The Balaban J connectivity index is 1.76. The molecule has 2 aromatic carbocycles. The summed E-state index contributed by atoms with van der Waals surface area (Å²) >= 11 is 6.97. The number of aromatic nitrogens is 1. The van der Waals surface area contributed by atoms with Crippen molar-refractivity contribution in [2.24, 2.45) is 0 Å². The summed E-state index contributed by atoms with van der Waals surface area (Å²) in [7, 11) is 3.10. The van der Waals surface area contributed by atoms with E-state index in [1.807, 2.05) is 18.2 Å². The molecule has 3 aromatic rings. The molecular formula is C19H16Br2N2O4. The van der Waals surface area contributed by atoms with E-state index >= 15 is 0 Å². The minimum Gasteiger partial charge on any atom is -0.497 e. The summed E-state index contributed by atoms with van der Waals surface area (Å²) in [6.07, 6.45) is 1.68. The molecule has 140 valence electrons. The second-order valence-electron chi connectivity index (χ2n) is 5.51. The van der Waals surface area contributed by atoms with Crippen LogP contribution in [0.5, 0.6) is 17.2 Å². The first-order valence-electron chi connectivity index (χ1n) is 7.90. The number of fused-ring (bicyclic) bond motifs is 1. The van der Waals surface area contributed by atoms with E-state index in [4.69, 9.17) is 14.2 Å². The topological polar surface area (TPSA) is 69.7 Å². The summed E-state index contributed by atoms with van der Waals surface area (Å²) in [5.41, 5.74) is 1.22. The molecule has 1 N–H and O–H groups in total. The molecule has 0 radical (unpaired) electrons. The van der Waals surface area contributed by atoms with Gasteiger partial charge in [0.25, 0.3) is 5.91 Å². The number of nitrogens with zero attached hydrogens (tertiary/aromatic N) is 1. The molecule has 1 amide bonds. The van der Waals surface area contributed by atoms with E-state index in [1.165, 1.54) is 0 Å². The Bertz CT molecular complexity index is 973. The van der Waals surface area contributed by atoms with Crippen molar-refractivity contribution in [3.05, 3.63) is 51.5 Å². The van der Waals surface area contributed by atoms with Gasteiger partial charge in [-0.15, -0.1) is 0 Å². The SMILES string of the molecule is COc1cc(NC(=O)COc2c(Br)cc(Br)c3cccnc23)cc(OC)c1. The molecule has 0 aliphatic rings. The zero-order chi connectivity index (χ0) is 19.4. The Morgan fingerprint density at radius 3 is 2.44 bits per heavy atom. The zero-order valence-electron chi connectivity index (χ0n) is 14.6. The number of methoxy groups -OCH3 is 2. The van der Waals surface area contributed by atoms with Gasteiger partial charge in [0.15, 0.2) is 12.4 Å². The van der Waals surface area contributed by atoms with Crippen molar-refractivity contribution in [1.82, 2.24) is 4.98 Å². The van der Waals surface area contributed by atoms with Crippen LogP contribution < -0.4 is 19.5 Å². The van der Waals surface area contributed by atoms with Gasteiger partial charge in [0.1, 0.15) is 17.0 Å². The number of pyridine rings is 1. The first-order valence-corrected chi connectivity index (χ1v) is 9.49. The van der Waals surface area contributed by atoms with Gasteiger partial charge in [-0.3, -0.25) is 9.78 Å². The number of ether oxygens (including phenoxy) is 3. The highest BCUT2D eigenvalue weighted by molar-refractivity contribution is 9.11. The lowest BCUT2D eigenvalue weighted by Gasteiger charge is -2.13. The monoisotopic (exact) mass is 494 g/mol. The molecule has 0 spiro atoms. The summed E-state index contributed by atoms with van der Waals surface area (Å²) in [6, 6.07) is 10.8. The number of halogens is 2. The number of hydrogen-bond acceptors (Lipinski definition) is 5. The van der Waals surface area contributed by atoms with E-state index in [0.29, 0.717) is 32.9 Å². The van der Waals surface area contributed by atoms with Crippen molar-refractivity contribution < 1.29 is 19.0 Å². The maximum Gasteiger partial charge on any atom is 0.262 e. The van der Waals surface area contributed by atoms with Crippen molar-refractivity contribution in [3.8, 4) is 17.2 Å². The van der Waals surface area contributed by atoms with Gasteiger partial charge in [0.2, 0.25) is 0 Å². The minimum absolute atomic E-state index is 0.175. The number of nitrogens with one attached hydrogen (secondary N) is 1. The van der Waals surface area contributed by atoms with Gasteiger partial charge < -0.3 is 19.5 Å². The average Bonchev–Trinajstić information content (AvgIpc) is 2.67. The van der Waals surface area contributed by atoms with Gasteiger partial charge in [-0.05, 0) is 28.1 Å². The molecule has 0 bridgehead atoms. The molecule has 3 rings (SSSR count). The van der Waals surface area contributed by atoms with Gasteiger partial charge in [-0.2, -0.15) is 0 Å². The average molecular weight is 496 g/mol. The number of benzene rings is 2. The summed E-state index contributed by atoms with van der Waals surface area (Å²) in [5.74, 6) is 1.35. The highest BCUT2D eigenvalue weighted by atomic mass is 79.9. The van der Waals surface area contributed by atoms with E-state index < -0.39 is 0 Å². The van der Waals surface area contributed by atoms with Crippen molar-refractivity contribution >= 4 is 54.4 Å². The molecule has 0 atom stereocenters. The third-order valence-electron chi connectivity index (χ3n) is 3.73. The fraction of sp³-hybridized carbons (Fsp3) is 0.158. The van der Waals surface area contributed by atoms with Crippen LogP contribution in [0, 0.1) is 0 Å². The molecule has 0 saturated heterocycles. The number of anilines is 1. The second kappa shape index (κ2) is 8.58. The van der Waals surface area contributed by atoms with Gasteiger partial charge >= 0.3 is 0 Å². The molecule has 0 fully saturated rings. The third kappa shape index (κ3) is 4.51. The smallest absolute Gasteiger partial charge is 0.262 e. The summed E-state index contributed by atoms with van der Waals surface area (Å²) < 4.78 is 17.7. The third-order valence-corrected chi connectivity index (χ3v) is 4.98. The van der Waals surface area contributed by atoms with Gasteiger partial charge in [-0.25, -0.2) is 0 Å². The van der Waals surface area contributed by atoms with E-state index in [9.17, 15) is 4.79 Å². The summed E-state index contributed by atoms with van der Waals surface area (Å²) in [4.78, 5) is 16.7. The Labute approximate surface area is 173 Å². The summed E-state index contributed by atoms with van der Waals surface area (Å²) in [6.45, 7) is -0.175. The first-order chi connectivity index (χ1) is 13.0. The van der Waals surface area contributed by atoms with Crippen LogP contribution in [0.3, 0.4) is 0 Å². The van der Waals surface area contributed by atoms with Crippen molar-refractivity contribution in [2.45, 2.75) is 0 Å². The lowest BCUT2D eigenvalue weighted by atomic mass is 10.2. The standard InChI is InChI=1S/C19H16Br2N2O4/c1-25-12-6-11(7-13(8-12)26-2)23-17(24)10-27-19-16(21)9-15(20)14-4-3-5-22-18(14)19/h3-9H,10H2,1-2H3,(H,23,24). The van der Waals surface area contributed by atoms with Gasteiger partial charge in [0, 0.05) is 39.9 Å². The van der Waals surface area contributed by atoms with Crippen LogP contribution in [0.15, 0.2) is 51.5 Å². The molecule has 0 saturated carbocycles. The minimum atomic E-state index is -0.316. The zero-order valence-corrected chi connectivity index (χ0v) is 17.8. The van der Waals surface area contributed by atoms with Crippen LogP contribution >= 0.6 is 31.9 Å². The second-order valence-corrected chi connectivity index (χ2v) is 7.22. The van der Waals surface area contributed by atoms with E-state index in [-0.39, 0.29) is 12.5 Å². The van der Waals surface area contributed by atoms with Gasteiger partial charge in [0.05, 0.1) is 18.7 Å². The molecule has 27 heavy (non-hydrogen) atoms. The highest BCUT2D eigenvalue weighted by Crippen LogP contribution is 2.37. The molecule has 0 aliphatic carbocycles. The van der Waals surface area contributed by atoms with E-state index in [0.717, 1.165) is 9.86 Å². The first kappa shape index (κ1) is 19.4. The quantitative estimate of drug-likeness (QED) is 0.532. The number of amides is 1. The molecule has 1 heterocycles. The van der Waals surface area contributed by atoms with Crippen LogP contribution in [0.4, 0.5) is 5.69 Å². The fourth-order valence-corrected chi connectivity index (χ4v) is 3.89. The number of rotatable bonds is 6. The maximum absolute atomic E-state index is 12.3. The molecular weight excluding hydrogens is 480 g/mol. The molecule has 1 aromatic heterocycles. The predicted molar refractivity (Wildman–Crippen MR) is 111 cm³/mol. The fourth-order valence-electron chi connectivity index (χ4n) is 2.50. The van der Waals surface area contributed by atoms with Crippen LogP contribution in [0.2, 0.25) is 0 Å². The van der Waals surface area contributed by atoms with E-state index in [1.54, 1.807) is 38.6 Å². The summed E-state index contributed by atoms with van der Waals surface area (Å²) in [5, 5.41) is 3.67. The maximum atomic E-state index is 12.3.